The molecule has 1 unspecified atom stereocenters. The van der Waals surface area contributed by atoms with E-state index in [-0.39, 0.29) is 24.9 Å². The average Bonchev–Trinajstić information content (AvgIpc) is 2.36. The lowest BCUT2D eigenvalue weighted by Crippen LogP contribution is -2.14. The van der Waals surface area contributed by atoms with Gasteiger partial charge in [-0.1, -0.05) is 45.0 Å². The number of benzene rings is 1. The first-order chi connectivity index (χ1) is 8.54. The van der Waals surface area contributed by atoms with E-state index in [4.69, 9.17) is 10.00 Å². The summed E-state index contributed by atoms with van der Waals surface area (Å²) in [6.45, 7) is 6.25. The smallest absolute Gasteiger partial charge is 0.310 e. The third-order valence-corrected chi connectivity index (χ3v) is 2.83. The summed E-state index contributed by atoms with van der Waals surface area (Å²) in [6, 6.07) is 10.0. The van der Waals surface area contributed by atoms with Gasteiger partial charge in [0.25, 0.3) is 0 Å². The predicted octanol–water partition coefficient (Wildman–Crippen LogP) is 3.40. The van der Waals surface area contributed by atoms with Gasteiger partial charge in [-0.25, -0.2) is 0 Å². The van der Waals surface area contributed by atoms with Gasteiger partial charge in [0, 0.05) is 6.42 Å². The van der Waals surface area contributed by atoms with E-state index in [0.29, 0.717) is 5.92 Å². The fourth-order valence-electron chi connectivity index (χ4n) is 1.52. The van der Waals surface area contributed by atoms with Gasteiger partial charge in [-0.2, -0.15) is 5.26 Å². The van der Waals surface area contributed by atoms with Crippen LogP contribution in [0.1, 0.15) is 44.2 Å². The Morgan fingerprint density at radius 2 is 1.89 bits per heavy atom. The van der Waals surface area contributed by atoms with Crippen LogP contribution in [0.2, 0.25) is 0 Å². The van der Waals surface area contributed by atoms with Gasteiger partial charge in [0.2, 0.25) is 0 Å². The normalized spacial score (nSPS) is 11.9. The summed E-state index contributed by atoms with van der Waals surface area (Å²) in [5.41, 5.74) is 2.24. The van der Waals surface area contributed by atoms with Gasteiger partial charge in [0.1, 0.15) is 6.61 Å². The average molecular weight is 245 g/mol. The van der Waals surface area contributed by atoms with Crippen LogP contribution in [0.5, 0.6) is 0 Å². The van der Waals surface area contributed by atoms with Crippen molar-refractivity contribution in [3.05, 3.63) is 35.4 Å². The van der Waals surface area contributed by atoms with E-state index in [1.54, 1.807) is 6.92 Å². The first kappa shape index (κ1) is 14.2. The highest BCUT2D eigenvalue weighted by Gasteiger charge is 2.13. The molecule has 3 heteroatoms. The molecule has 0 fully saturated rings. The number of hydrogen-bond acceptors (Lipinski definition) is 3. The summed E-state index contributed by atoms with van der Waals surface area (Å²) in [5.74, 6) is -0.174. The first-order valence-corrected chi connectivity index (χ1v) is 6.17. The van der Waals surface area contributed by atoms with Crippen LogP contribution < -0.4 is 0 Å². The molecule has 1 aromatic rings. The Hall–Kier alpha value is -1.82. The summed E-state index contributed by atoms with van der Waals surface area (Å²) in [6.07, 6.45) is 0.200. The van der Waals surface area contributed by atoms with Crippen molar-refractivity contribution in [3.8, 4) is 6.07 Å². The molecular formula is C15H19NO2. The summed E-state index contributed by atoms with van der Waals surface area (Å²) in [4.78, 5) is 11.5. The fraction of sp³-hybridized carbons (Fsp3) is 0.467. The molecule has 0 aliphatic carbocycles. The maximum Gasteiger partial charge on any atom is 0.310 e. The summed E-state index contributed by atoms with van der Waals surface area (Å²) in [7, 11) is 0. The van der Waals surface area contributed by atoms with E-state index in [0.717, 1.165) is 5.56 Å². The minimum absolute atomic E-state index is 0.200. The largest absolute Gasteiger partial charge is 0.461 e. The van der Waals surface area contributed by atoms with Crippen molar-refractivity contribution in [2.75, 3.05) is 0 Å². The molecule has 0 spiro atoms. The lowest BCUT2D eigenvalue weighted by Gasteiger charge is -2.10. The minimum atomic E-state index is -0.357. The van der Waals surface area contributed by atoms with Crippen molar-refractivity contribution in [1.82, 2.24) is 0 Å². The molecule has 0 saturated carbocycles. The standard InChI is InChI=1S/C15H19NO2/c1-11(2)14-6-4-13(5-7-14)10-18-15(17)12(3)8-9-16/h4-7,11-12H,8,10H2,1-3H3. The van der Waals surface area contributed by atoms with Gasteiger partial charge >= 0.3 is 5.97 Å². The summed E-state index contributed by atoms with van der Waals surface area (Å²) < 4.78 is 5.15. The van der Waals surface area contributed by atoms with Crippen molar-refractivity contribution in [2.24, 2.45) is 5.92 Å². The Kier molecular flexibility index (Phi) is 5.38. The number of carbonyl (C=O) groups is 1. The summed E-state index contributed by atoms with van der Waals surface area (Å²) >= 11 is 0. The molecule has 0 bridgehead atoms. The van der Waals surface area contributed by atoms with Gasteiger partial charge in [0.15, 0.2) is 0 Å². The molecule has 3 nitrogen and oxygen atoms in total. The van der Waals surface area contributed by atoms with Crippen LogP contribution in [0.3, 0.4) is 0 Å². The molecule has 1 rings (SSSR count). The van der Waals surface area contributed by atoms with E-state index in [1.165, 1.54) is 5.56 Å². The molecule has 0 saturated heterocycles. The maximum absolute atomic E-state index is 11.5. The monoisotopic (exact) mass is 245 g/mol. The van der Waals surface area contributed by atoms with E-state index < -0.39 is 0 Å². The van der Waals surface area contributed by atoms with E-state index >= 15 is 0 Å². The van der Waals surface area contributed by atoms with Crippen molar-refractivity contribution >= 4 is 5.97 Å². The number of nitriles is 1. The zero-order chi connectivity index (χ0) is 13.5. The molecule has 0 N–H and O–H groups in total. The maximum atomic E-state index is 11.5. The summed E-state index contributed by atoms with van der Waals surface area (Å²) in [5, 5.41) is 8.50. The Balaban J connectivity index is 2.49. The molecule has 96 valence electrons. The molecule has 0 heterocycles. The third-order valence-electron chi connectivity index (χ3n) is 2.83. The highest BCUT2D eigenvalue weighted by molar-refractivity contribution is 5.72. The van der Waals surface area contributed by atoms with Crippen molar-refractivity contribution < 1.29 is 9.53 Å². The fourth-order valence-corrected chi connectivity index (χ4v) is 1.52. The Bertz CT molecular complexity index is 429. The van der Waals surface area contributed by atoms with Gasteiger partial charge < -0.3 is 4.74 Å². The van der Waals surface area contributed by atoms with Crippen LogP contribution in [0.4, 0.5) is 0 Å². The second-order valence-corrected chi connectivity index (χ2v) is 4.77. The van der Waals surface area contributed by atoms with Crippen LogP contribution in [0.15, 0.2) is 24.3 Å². The number of rotatable bonds is 5. The minimum Gasteiger partial charge on any atom is -0.461 e. The molecule has 1 atom stereocenters. The van der Waals surface area contributed by atoms with E-state index in [1.807, 2.05) is 30.3 Å². The number of hydrogen-bond donors (Lipinski definition) is 0. The number of esters is 1. The van der Waals surface area contributed by atoms with Gasteiger partial charge in [-0.15, -0.1) is 0 Å². The quantitative estimate of drug-likeness (QED) is 0.747. The molecular weight excluding hydrogens is 226 g/mol. The molecule has 0 radical (unpaired) electrons. The van der Waals surface area contributed by atoms with E-state index in [2.05, 4.69) is 13.8 Å². The number of nitrogens with zero attached hydrogens (tertiary/aromatic N) is 1. The number of carbonyl (C=O) groups excluding carboxylic acids is 1. The van der Waals surface area contributed by atoms with Crippen LogP contribution in [0, 0.1) is 17.2 Å². The molecule has 0 aliphatic heterocycles. The highest BCUT2D eigenvalue weighted by atomic mass is 16.5. The van der Waals surface area contributed by atoms with E-state index in [9.17, 15) is 4.79 Å². The Morgan fingerprint density at radius 3 is 2.39 bits per heavy atom. The zero-order valence-electron chi connectivity index (χ0n) is 11.1. The molecule has 0 amide bonds. The van der Waals surface area contributed by atoms with Crippen molar-refractivity contribution in [2.45, 2.75) is 39.7 Å². The van der Waals surface area contributed by atoms with Crippen LogP contribution in [-0.4, -0.2) is 5.97 Å². The SMILES string of the molecule is CC(CC#N)C(=O)OCc1ccc(C(C)C)cc1. The lowest BCUT2D eigenvalue weighted by atomic mass is 10.0. The zero-order valence-corrected chi connectivity index (χ0v) is 11.1. The van der Waals surface area contributed by atoms with Crippen LogP contribution in [0.25, 0.3) is 0 Å². The van der Waals surface area contributed by atoms with Gasteiger partial charge in [-0.3, -0.25) is 4.79 Å². The molecule has 1 aromatic carbocycles. The second kappa shape index (κ2) is 6.80. The Labute approximate surface area is 108 Å². The number of ether oxygens (including phenoxy) is 1. The highest BCUT2D eigenvalue weighted by Crippen LogP contribution is 2.15. The topological polar surface area (TPSA) is 50.1 Å². The first-order valence-electron chi connectivity index (χ1n) is 6.17. The van der Waals surface area contributed by atoms with Crippen molar-refractivity contribution in [3.63, 3.8) is 0 Å². The van der Waals surface area contributed by atoms with Crippen molar-refractivity contribution in [1.29, 1.82) is 5.26 Å². The third kappa shape index (κ3) is 4.21. The lowest BCUT2D eigenvalue weighted by molar-refractivity contribution is -0.149. The molecule has 18 heavy (non-hydrogen) atoms. The Morgan fingerprint density at radius 1 is 1.28 bits per heavy atom. The van der Waals surface area contributed by atoms with Gasteiger partial charge in [0.05, 0.1) is 12.0 Å². The van der Waals surface area contributed by atoms with Crippen LogP contribution in [-0.2, 0) is 16.1 Å². The predicted molar refractivity (Wildman–Crippen MR) is 69.7 cm³/mol. The van der Waals surface area contributed by atoms with Gasteiger partial charge in [-0.05, 0) is 17.0 Å². The van der Waals surface area contributed by atoms with Crippen LogP contribution >= 0.6 is 0 Å². The second-order valence-electron chi connectivity index (χ2n) is 4.77. The molecule has 0 aromatic heterocycles. The molecule has 0 aliphatic rings.